The molecule has 6 heteroatoms. The van der Waals surface area contributed by atoms with Crippen LogP contribution >= 0.6 is 0 Å². The second-order valence-electron chi connectivity index (χ2n) is 1.98. The van der Waals surface area contributed by atoms with Crippen LogP contribution in [0.1, 0.15) is 0 Å². The van der Waals surface area contributed by atoms with E-state index in [0.717, 1.165) is 0 Å². The molecule has 0 fully saturated rings. The standard InChI is InChI=1S/C6H15N4O2/c7-1-3-11-5-6-12-4-2-9-10-8/h8H,1-7H2/q+1. The van der Waals surface area contributed by atoms with Crippen LogP contribution in [0.4, 0.5) is 0 Å². The molecule has 0 aromatic carbocycles. The molecule has 0 aromatic heterocycles. The van der Waals surface area contributed by atoms with Gasteiger partial charge in [0.25, 0.3) is 0 Å². The first kappa shape index (κ1) is 11.2. The van der Waals surface area contributed by atoms with Crippen molar-refractivity contribution in [3.05, 3.63) is 0 Å². The van der Waals surface area contributed by atoms with Crippen molar-refractivity contribution in [1.82, 2.24) is 4.91 Å². The fourth-order valence-corrected chi connectivity index (χ4v) is 0.561. The van der Waals surface area contributed by atoms with Crippen LogP contribution in [-0.2, 0) is 9.47 Å². The summed E-state index contributed by atoms with van der Waals surface area (Å²) in [4.78, 5) is 2.83. The van der Waals surface area contributed by atoms with E-state index in [2.05, 4.69) is 10.0 Å². The first-order valence-electron chi connectivity index (χ1n) is 3.80. The summed E-state index contributed by atoms with van der Waals surface area (Å²) in [5, 5.41) is 3.41. The Labute approximate surface area is 71.3 Å². The van der Waals surface area contributed by atoms with Crippen LogP contribution in [0.3, 0.4) is 0 Å². The third-order valence-electron chi connectivity index (χ3n) is 1.04. The van der Waals surface area contributed by atoms with Gasteiger partial charge in [-0.05, 0) is 0 Å². The summed E-state index contributed by atoms with van der Waals surface area (Å²) in [5.74, 6) is 0. The van der Waals surface area contributed by atoms with Crippen molar-refractivity contribution in [1.29, 1.82) is 5.53 Å². The minimum absolute atomic E-state index is 0.431. The van der Waals surface area contributed by atoms with E-state index in [1.54, 1.807) is 0 Å². The van der Waals surface area contributed by atoms with Crippen LogP contribution in [0.15, 0.2) is 5.11 Å². The fourth-order valence-electron chi connectivity index (χ4n) is 0.561. The van der Waals surface area contributed by atoms with Gasteiger partial charge in [-0.15, -0.1) is 0 Å². The summed E-state index contributed by atoms with van der Waals surface area (Å²) in [6.07, 6.45) is 0. The average Bonchev–Trinajstić information content (AvgIpc) is 2.10. The van der Waals surface area contributed by atoms with Crippen molar-refractivity contribution in [2.45, 2.75) is 0 Å². The predicted molar refractivity (Wildman–Crippen MR) is 42.8 cm³/mol. The quantitative estimate of drug-likeness (QED) is 0.296. The molecule has 0 aromatic rings. The number of hydrogen-bond acceptors (Lipinski definition) is 5. The number of nitrogens with two attached hydrogens (primary N) is 1. The Hall–Kier alpha value is -0.810. The lowest BCUT2D eigenvalue weighted by atomic mass is 10.7. The van der Waals surface area contributed by atoms with Crippen molar-refractivity contribution < 1.29 is 9.47 Å². The van der Waals surface area contributed by atoms with E-state index >= 15 is 0 Å². The molecule has 0 heterocycles. The van der Waals surface area contributed by atoms with E-state index in [0.29, 0.717) is 39.5 Å². The monoisotopic (exact) mass is 175 g/mol. The molecule has 0 spiro atoms. The smallest absolute Gasteiger partial charge is 0.214 e. The maximum atomic E-state index is 6.34. The Bertz CT molecular complexity index is 136. The SMILES string of the molecule is N=[N+]=NCCOCCOCCN. The van der Waals surface area contributed by atoms with Crippen LogP contribution < -0.4 is 10.6 Å². The minimum atomic E-state index is 0.431. The molecule has 0 aliphatic heterocycles. The van der Waals surface area contributed by atoms with E-state index in [9.17, 15) is 0 Å². The molecule has 0 radical (unpaired) electrons. The highest BCUT2D eigenvalue weighted by Gasteiger charge is 1.90. The molecule has 0 aliphatic carbocycles. The molecule has 6 nitrogen and oxygen atoms in total. The van der Waals surface area contributed by atoms with Gasteiger partial charge in [0.2, 0.25) is 4.91 Å². The number of nitrogens with one attached hydrogen (secondary N) is 1. The summed E-state index contributed by atoms with van der Waals surface area (Å²) < 4.78 is 10.1. The highest BCUT2D eigenvalue weighted by Crippen LogP contribution is 1.78. The lowest BCUT2D eigenvalue weighted by Crippen LogP contribution is -2.12. The lowest BCUT2D eigenvalue weighted by Gasteiger charge is -2.01. The Balaban J connectivity index is 2.86. The van der Waals surface area contributed by atoms with Gasteiger partial charge in [0.15, 0.2) is 0 Å². The predicted octanol–water partition coefficient (Wildman–Crippen LogP) is -0.471. The van der Waals surface area contributed by atoms with Crippen LogP contribution in [-0.4, -0.2) is 39.5 Å². The Morgan fingerprint density at radius 3 is 2.42 bits per heavy atom. The van der Waals surface area contributed by atoms with Gasteiger partial charge in [-0.2, -0.15) is 0 Å². The average molecular weight is 175 g/mol. The molecule has 0 amide bonds. The zero-order chi connectivity index (χ0) is 9.07. The zero-order valence-corrected chi connectivity index (χ0v) is 7.03. The zero-order valence-electron chi connectivity index (χ0n) is 7.03. The van der Waals surface area contributed by atoms with Crippen molar-refractivity contribution >= 4 is 0 Å². The third kappa shape index (κ3) is 9.19. The third-order valence-corrected chi connectivity index (χ3v) is 1.04. The van der Waals surface area contributed by atoms with Gasteiger partial charge in [-0.3, -0.25) is 0 Å². The van der Waals surface area contributed by atoms with Crippen molar-refractivity contribution in [2.24, 2.45) is 10.8 Å². The van der Waals surface area contributed by atoms with Crippen LogP contribution in [0, 0.1) is 5.53 Å². The molecule has 70 valence electrons. The highest BCUT2D eigenvalue weighted by atomic mass is 16.5. The minimum Gasteiger partial charge on any atom is -0.378 e. The summed E-state index contributed by atoms with van der Waals surface area (Å²) >= 11 is 0. The van der Waals surface area contributed by atoms with Gasteiger partial charge >= 0.3 is 0 Å². The Morgan fingerprint density at radius 1 is 1.17 bits per heavy atom. The van der Waals surface area contributed by atoms with Crippen molar-refractivity contribution in [2.75, 3.05) is 39.5 Å². The maximum Gasteiger partial charge on any atom is 0.214 e. The molecular formula is C6H15N4O2+. The van der Waals surface area contributed by atoms with E-state index in [1.807, 2.05) is 0 Å². The van der Waals surface area contributed by atoms with Crippen LogP contribution in [0.2, 0.25) is 0 Å². The number of hydrogen-bond donors (Lipinski definition) is 2. The second kappa shape index (κ2) is 10.2. The second-order valence-corrected chi connectivity index (χ2v) is 1.98. The summed E-state index contributed by atoms with van der Waals surface area (Å²) in [6, 6.07) is 0. The summed E-state index contributed by atoms with van der Waals surface area (Å²) in [6.45, 7) is 3.10. The van der Waals surface area contributed by atoms with E-state index in [-0.39, 0.29) is 0 Å². The molecule has 0 unspecified atom stereocenters. The Kier molecular flexibility index (Phi) is 9.50. The molecule has 3 N–H and O–H groups in total. The van der Waals surface area contributed by atoms with Gasteiger partial charge in [0.05, 0.1) is 26.4 Å². The van der Waals surface area contributed by atoms with Crippen molar-refractivity contribution in [3.8, 4) is 0 Å². The van der Waals surface area contributed by atoms with Gasteiger partial charge in [0.1, 0.15) is 17.2 Å². The molecule has 0 aliphatic rings. The van der Waals surface area contributed by atoms with Crippen molar-refractivity contribution in [3.63, 3.8) is 0 Å². The van der Waals surface area contributed by atoms with Crippen LogP contribution in [0.5, 0.6) is 0 Å². The van der Waals surface area contributed by atoms with E-state index in [1.165, 1.54) is 0 Å². The first-order chi connectivity index (χ1) is 5.91. The fraction of sp³-hybridized carbons (Fsp3) is 1.00. The number of ether oxygens (including phenoxy) is 2. The van der Waals surface area contributed by atoms with Gasteiger partial charge in [0, 0.05) is 6.54 Å². The van der Waals surface area contributed by atoms with E-state index in [4.69, 9.17) is 20.7 Å². The molecule has 0 saturated carbocycles. The summed E-state index contributed by atoms with van der Waals surface area (Å²) in [5.41, 5.74) is 11.5. The lowest BCUT2D eigenvalue weighted by molar-refractivity contribution is 0.0535. The topological polar surface area (TPSA) is 94.8 Å². The van der Waals surface area contributed by atoms with E-state index < -0.39 is 0 Å². The maximum absolute atomic E-state index is 6.34. The molecule has 0 rings (SSSR count). The highest BCUT2D eigenvalue weighted by molar-refractivity contribution is 4.35. The molecule has 0 atom stereocenters. The Morgan fingerprint density at radius 2 is 1.83 bits per heavy atom. The number of nitrogens with zero attached hydrogens (tertiary/aromatic N) is 2. The van der Waals surface area contributed by atoms with Gasteiger partial charge in [-0.1, -0.05) is 0 Å². The van der Waals surface area contributed by atoms with Gasteiger partial charge < -0.3 is 15.2 Å². The molecule has 12 heavy (non-hydrogen) atoms. The molecule has 0 bridgehead atoms. The normalized spacial score (nSPS) is 9.42. The number of rotatable bonds is 8. The largest absolute Gasteiger partial charge is 0.378 e. The molecular weight excluding hydrogens is 160 g/mol. The summed E-state index contributed by atoms with van der Waals surface area (Å²) in [7, 11) is 0. The van der Waals surface area contributed by atoms with Gasteiger partial charge in [-0.25, -0.2) is 0 Å². The molecule has 0 saturated heterocycles. The first-order valence-corrected chi connectivity index (χ1v) is 3.80. The van der Waals surface area contributed by atoms with Crippen LogP contribution in [0.25, 0.3) is 0 Å².